The number of halogens is 2. The fourth-order valence-corrected chi connectivity index (χ4v) is 4.24. The number of nitrogens with zero attached hydrogens (tertiary/aromatic N) is 3. The van der Waals surface area contributed by atoms with Gasteiger partial charge in [0.15, 0.2) is 0 Å². The molecule has 0 bridgehead atoms. The largest absolute Gasteiger partial charge is 0.334 e. The minimum Gasteiger partial charge on any atom is -0.334 e. The van der Waals surface area contributed by atoms with Crippen molar-refractivity contribution < 1.29 is 13.7 Å². The Balaban J connectivity index is 1.59. The smallest absolute Gasteiger partial charge is 0.322 e. The van der Waals surface area contributed by atoms with E-state index >= 15 is 0 Å². The molecule has 2 amide bonds. The molecular weight excluding hydrogens is 467 g/mol. The lowest BCUT2D eigenvalue weighted by molar-refractivity contribution is 0.203. The highest BCUT2D eigenvalue weighted by atomic mass is 35.5. The number of allylic oxidation sites excluding steroid dienone is 1. The molecule has 6 nitrogen and oxygen atoms in total. The Morgan fingerprint density at radius 2 is 1.80 bits per heavy atom. The van der Waals surface area contributed by atoms with E-state index in [-0.39, 0.29) is 11.9 Å². The first-order valence-corrected chi connectivity index (χ1v) is 11.5. The highest BCUT2D eigenvalue weighted by molar-refractivity contribution is 6.30. The third-order valence-electron chi connectivity index (χ3n) is 6.00. The van der Waals surface area contributed by atoms with Gasteiger partial charge in [-0.15, -0.1) is 0 Å². The van der Waals surface area contributed by atoms with Crippen molar-refractivity contribution >= 4 is 23.2 Å². The molecule has 0 fully saturated rings. The Labute approximate surface area is 207 Å². The van der Waals surface area contributed by atoms with Crippen molar-refractivity contribution in [2.75, 3.05) is 0 Å². The number of hydrogen-bond acceptors (Lipinski definition) is 4. The highest BCUT2D eigenvalue weighted by Gasteiger charge is 2.36. The van der Waals surface area contributed by atoms with Crippen LogP contribution in [0.1, 0.15) is 35.5 Å². The zero-order valence-electron chi connectivity index (χ0n) is 19.1. The van der Waals surface area contributed by atoms with E-state index in [2.05, 4.69) is 15.5 Å². The summed E-state index contributed by atoms with van der Waals surface area (Å²) < 4.78 is 19.8. The number of carbonyl (C=O) groups is 1. The molecule has 1 unspecified atom stereocenters. The molecule has 1 N–H and O–H groups in total. The fraction of sp³-hybridized carbons (Fsp3) is 0.148. The van der Waals surface area contributed by atoms with Crippen molar-refractivity contribution in [1.82, 2.24) is 20.4 Å². The quantitative estimate of drug-likeness (QED) is 0.346. The number of hydrogen-bond donors (Lipinski definition) is 1. The van der Waals surface area contributed by atoms with Gasteiger partial charge in [-0.2, -0.15) is 4.98 Å². The van der Waals surface area contributed by atoms with Gasteiger partial charge in [-0.25, -0.2) is 9.18 Å². The molecule has 35 heavy (non-hydrogen) atoms. The molecule has 1 atom stereocenters. The van der Waals surface area contributed by atoms with E-state index in [4.69, 9.17) is 16.1 Å². The number of aromatic nitrogens is 2. The summed E-state index contributed by atoms with van der Waals surface area (Å²) in [5.41, 5.74) is 4.65. The first-order chi connectivity index (χ1) is 16.9. The second kappa shape index (κ2) is 9.35. The average Bonchev–Trinajstić information content (AvgIpc) is 3.33. The van der Waals surface area contributed by atoms with Gasteiger partial charge in [-0.05, 0) is 49.2 Å². The van der Waals surface area contributed by atoms with Gasteiger partial charge in [0.25, 0.3) is 5.89 Å². The summed E-state index contributed by atoms with van der Waals surface area (Å²) in [5.74, 6) is 0.288. The maximum absolute atomic E-state index is 14.1. The van der Waals surface area contributed by atoms with Gasteiger partial charge in [-0.1, -0.05) is 70.9 Å². The van der Waals surface area contributed by atoms with Gasteiger partial charge in [0, 0.05) is 16.3 Å². The van der Waals surface area contributed by atoms with Crippen LogP contribution in [0, 0.1) is 12.7 Å². The topological polar surface area (TPSA) is 71.3 Å². The molecule has 1 aliphatic heterocycles. The number of aryl methyl sites for hydroxylation is 1. The van der Waals surface area contributed by atoms with Crippen molar-refractivity contribution in [2.24, 2.45) is 0 Å². The molecule has 0 spiro atoms. The van der Waals surface area contributed by atoms with E-state index in [1.165, 1.54) is 12.1 Å². The Morgan fingerprint density at radius 3 is 2.51 bits per heavy atom. The van der Waals surface area contributed by atoms with Gasteiger partial charge in [-0.3, -0.25) is 4.90 Å². The summed E-state index contributed by atoms with van der Waals surface area (Å²) in [4.78, 5) is 19.4. The third-order valence-corrected chi connectivity index (χ3v) is 6.25. The Kier molecular flexibility index (Phi) is 6.09. The lowest BCUT2D eigenvalue weighted by Crippen LogP contribution is -2.45. The van der Waals surface area contributed by atoms with Crippen LogP contribution in [-0.4, -0.2) is 21.1 Å². The summed E-state index contributed by atoms with van der Waals surface area (Å²) in [6.45, 7) is 4.14. The molecule has 8 heteroatoms. The average molecular weight is 489 g/mol. The minimum atomic E-state index is -0.661. The van der Waals surface area contributed by atoms with E-state index in [1.807, 2.05) is 50.2 Å². The van der Waals surface area contributed by atoms with Crippen LogP contribution < -0.4 is 5.32 Å². The molecule has 1 aromatic heterocycles. The summed E-state index contributed by atoms with van der Waals surface area (Å²) >= 11 is 6.02. The first kappa shape index (κ1) is 22.8. The van der Waals surface area contributed by atoms with E-state index in [0.29, 0.717) is 34.2 Å². The number of rotatable bonds is 5. The molecule has 5 rings (SSSR count). The summed E-state index contributed by atoms with van der Waals surface area (Å²) in [6.07, 6.45) is 0. The van der Waals surface area contributed by atoms with Gasteiger partial charge in [0.1, 0.15) is 5.82 Å². The summed E-state index contributed by atoms with van der Waals surface area (Å²) in [7, 11) is 0. The van der Waals surface area contributed by atoms with Crippen LogP contribution in [-0.2, 0) is 6.54 Å². The molecule has 2 heterocycles. The fourth-order valence-electron chi connectivity index (χ4n) is 4.11. The third kappa shape index (κ3) is 4.68. The van der Waals surface area contributed by atoms with E-state index in [9.17, 15) is 9.18 Å². The zero-order chi connectivity index (χ0) is 24.5. The Bertz CT molecular complexity index is 1410. The predicted octanol–water partition coefficient (Wildman–Crippen LogP) is 6.54. The lowest BCUT2D eigenvalue weighted by atomic mass is 9.94. The van der Waals surface area contributed by atoms with Crippen molar-refractivity contribution in [2.45, 2.75) is 26.4 Å². The van der Waals surface area contributed by atoms with Crippen LogP contribution in [0.4, 0.5) is 9.18 Å². The van der Waals surface area contributed by atoms with Gasteiger partial charge in [0.2, 0.25) is 5.82 Å². The van der Waals surface area contributed by atoms with Crippen LogP contribution in [0.15, 0.2) is 83.0 Å². The van der Waals surface area contributed by atoms with Crippen LogP contribution in [0.5, 0.6) is 0 Å². The van der Waals surface area contributed by atoms with Crippen molar-refractivity contribution in [1.29, 1.82) is 0 Å². The molecule has 4 aromatic rings. The molecule has 0 saturated carbocycles. The molecular formula is C27H22ClFN4O2. The first-order valence-electron chi connectivity index (χ1n) is 11.1. The highest BCUT2D eigenvalue weighted by Crippen LogP contribution is 2.38. The second-order valence-corrected chi connectivity index (χ2v) is 8.87. The molecule has 176 valence electrons. The van der Waals surface area contributed by atoms with Crippen molar-refractivity contribution in [3.8, 4) is 11.4 Å². The van der Waals surface area contributed by atoms with Gasteiger partial charge < -0.3 is 9.84 Å². The number of carbonyl (C=O) groups excluding carboxylic acids is 1. The molecule has 3 aromatic carbocycles. The number of benzene rings is 3. The standard InChI is InChI=1S/C27H22ClFN4O2/c1-16-6-10-19(11-7-16)25-31-26(35-32-25)23-17(2)33(15-18-8-12-21(28)13-9-18)27(34)30-24(23)20-4-3-5-22(29)14-20/h3-14,24H,15H2,1-2H3,(H,30,34). The Hall–Kier alpha value is -3.97. The number of nitrogens with one attached hydrogen (secondary N) is 1. The van der Waals surface area contributed by atoms with Crippen molar-refractivity contribution in [3.05, 3.63) is 112 Å². The molecule has 0 radical (unpaired) electrons. The van der Waals surface area contributed by atoms with E-state index in [0.717, 1.165) is 16.7 Å². The molecule has 1 aliphatic rings. The van der Waals surface area contributed by atoms with Crippen LogP contribution >= 0.6 is 11.6 Å². The van der Waals surface area contributed by atoms with Crippen LogP contribution in [0.25, 0.3) is 17.0 Å². The van der Waals surface area contributed by atoms with Gasteiger partial charge >= 0.3 is 6.03 Å². The normalized spacial score (nSPS) is 15.9. The predicted molar refractivity (Wildman–Crippen MR) is 132 cm³/mol. The number of urea groups is 1. The van der Waals surface area contributed by atoms with Crippen LogP contribution in [0.3, 0.4) is 0 Å². The van der Waals surface area contributed by atoms with Crippen LogP contribution in [0.2, 0.25) is 5.02 Å². The molecule has 0 aliphatic carbocycles. The Morgan fingerprint density at radius 1 is 1.06 bits per heavy atom. The second-order valence-electron chi connectivity index (χ2n) is 8.44. The maximum Gasteiger partial charge on any atom is 0.322 e. The van der Waals surface area contributed by atoms with E-state index < -0.39 is 11.9 Å². The maximum atomic E-state index is 14.1. The zero-order valence-corrected chi connectivity index (χ0v) is 19.9. The number of amides is 2. The summed E-state index contributed by atoms with van der Waals surface area (Å²) in [5, 5.41) is 7.77. The van der Waals surface area contributed by atoms with Gasteiger partial charge in [0.05, 0.1) is 18.2 Å². The monoisotopic (exact) mass is 488 g/mol. The summed E-state index contributed by atoms with van der Waals surface area (Å²) in [6, 6.07) is 20.2. The molecule has 0 saturated heterocycles. The SMILES string of the molecule is CC1=C(c2nc(-c3ccc(C)cc3)no2)C(c2cccc(F)c2)NC(=O)N1Cc1ccc(Cl)cc1. The van der Waals surface area contributed by atoms with Crippen molar-refractivity contribution in [3.63, 3.8) is 0 Å². The lowest BCUT2D eigenvalue weighted by Gasteiger charge is -2.35. The minimum absolute atomic E-state index is 0.258. The van der Waals surface area contributed by atoms with E-state index in [1.54, 1.807) is 29.2 Å².